The smallest absolute Gasteiger partial charge is 0.227 e. The van der Waals surface area contributed by atoms with Crippen LogP contribution in [0.5, 0.6) is 0 Å². The molecule has 1 aromatic heterocycles. The maximum absolute atomic E-state index is 12.8. The molecule has 1 aromatic carbocycles. The van der Waals surface area contributed by atoms with Crippen LogP contribution in [0.1, 0.15) is 16.9 Å². The molecule has 0 saturated carbocycles. The number of hydrogen-bond donors (Lipinski definition) is 2. The fourth-order valence-electron chi connectivity index (χ4n) is 1.67. The zero-order chi connectivity index (χ0) is 14.4. The second-order valence-corrected chi connectivity index (χ2v) is 5.45. The zero-order valence-corrected chi connectivity index (χ0v) is 12.0. The molecule has 4 nitrogen and oxygen atoms in total. The fourth-order valence-corrected chi connectivity index (χ4v) is 2.53. The highest BCUT2D eigenvalue weighted by molar-refractivity contribution is 7.15. The van der Waals surface area contributed by atoms with Crippen molar-refractivity contribution in [1.29, 1.82) is 0 Å². The third-order valence-electron chi connectivity index (χ3n) is 2.69. The summed E-state index contributed by atoms with van der Waals surface area (Å²) in [5.74, 6) is -0.294. The Morgan fingerprint density at radius 1 is 1.35 bits per heavy atom. The van der Waals surface area contributed by atoms with Crippen molar-refractivity contribution in [2.24, 2.45) is 0 Å². The van der Waals surface area contributed by atoms with Crippen molar-refractivity contribution in [3.05, 3.63) is 46.7 Å². The number of nitrogens with one attached hydrogen (secondary N) is 2. The van der Waals surface area contributed by atoms with Crippen LogP contribution in [0.25, 0.3) is 0 Å². The number of halogens is 1. The average molecular weight is 293 g/mol. The lowest BCUT2D eigenvalue weighted by Gasteiger charge is -2.00. The molecule has 2 N–H and O–H groups in total. The molecule has 2 rings (SSSR count). The van der Waals surface area contributed by atoms with Gasteiger partial charge >= 0.3 is 0 Å². The van der Waals surface area contributed by atoms with Crippen LogP contribution in [-0.2, 0) is 11.2 Å². The Morgan fingerprint density at radius 2 is 2.10 bits per heavy atom. The molecule has 0 radical (unpaired) electrons. The minimum absolute atomic E-state index is 0.0537. The number of carbonyl (C=O) groups excluding carboxylic acids is 1. The minimum Gasteiger partial charge on any atom is -0.319 e. The van der Waals surface area contributed by atoms with Crippen LogP contribution in [0.15, 0.2) is 30.5 Å². The summed E-state index contributed by atoms with van der Waals surface area (Å²) in [6, 6.07) is 6.38. The van der Waals surface area contributed by atoms with E-state index in [4.69, 9.17) is 0 Å². The van der Waals surface area contributed by atoms with Gasteiger partial charge in [0.05, 0.1) is 0 Å². The summed E-state index contributed by atoms with van der Waals surface area (Å²) in [6.07, 6.45) is 2.84. The summed E-state index contributed by atoms with van der Waals surface area (Å²) in [4.78, 5) is 16.7. The number of amides is 1. The first-order valence-corrected chi connectivity index (χ1v) is 7.12. The lowest BCUT2D eigenvalue weighted by Crippen LogP contribution is -2.18. The molecule has 2 aromatic rings. The van der Waals surface area contributed by atoms with Gasteiger partial charge in [0, 0.05) is 30.5 Å². The van der Waals surface area contributed by atoms with Crippen LogP contribution < -0.4 is 10.6 Å². The Morgan fingerprint density at radius 3 is 2.80 bits per heavy atom. The van der Waals surface area contributed by atoms with E-state index in [9.17, 15) is 9.18 Å². The fraction of sp³-hybridized carbons (Fsp3) is 0.286. The predicted molar refractivity (Wildman–Crippen MR) is 78.5 cm³/mol. The molecule has 0 aliphatic heterocycles. The third kappa shape index (κ3) is 4.40. The second-order valence-electron chi connectivity index (χ2n) is 4.34. The number of carbonyl (C=O) groups is 1. The number of benzene rings is 1. The van der Waals surface area contributed by atoms with Gasteiger partial charge in [0.1, 0.15) is 5.82 Å². The maximum Gasteiger partial charge on any atom is 0.227 e. The second kappa shape index (κ2) is 7.12. The van der Waals surface area contributed by atoms with Crippen LogP contribution in [-0.4, -0.2) is 24.5 Å². The molecular weight excluding hydrogens is 277 g/mol. The lowest BCUT2D eigenvalue weighted by molar-refractivity contribution is -0.116. The van der Waals surface area contributed by atoms with Crippen LogP contribution >= 0.6 is 11.3 Å². The standard InChI is InChI=1S/C14H16FN3OS/c1-16-7-6-13(19)18-14-17-9-12(20-14)8-10-2-4-11(15)5-3-10/h2-5,9,16H,6-8H2,1H3,(H,17,18,19). The molecule has 20 heavy (non-hydrogen) atoms. The van der Waals surface area contributed by atoms with Gasteiger partial charge in [-0.15, -0.1) is 11.3 Å². The molecule has 0 aliphatic carbocycles. The monoisotopic (exact) mass is 293 g/mol. The van der Waals surface area contributed by atoms with Crippen molar-refractivity contribution in [1.82, 2.24) is 10.3 Å². The van der Waals surface area contributed by atoms with Crippen LogP contribution in [0.2, 0.25) is 0 Å². The van der Waals surface area contributed by atoms with Crippen molar-refractivity contribution in [3.8, 4) is 0 Å². The van der Waals surface area contributed by atoms with E-state index >= 15 is 0 Å². The summed E-state index contributed by atoms with van der Waals surface area (Å²) in [5, 5.41) is 6.28. The number of thiazole rings is 1. The third-order valence-corrected chi connectivity index (χ3v) is 3.61. The van der Waals surface area contributed by atoms with Crippen LogP contribution in [0.3, 0.4) is 0 Å². The van der Waals surface area contributed by atoms with Crippen molar-refractivity contribution in [3.63, 3.8) is 0 Å². The largest absolute Gasteiger partial charge is 0.319 e. The Balaban J connectivity index is 1.91. The molecule has 0 atom stereocenters. The van der Waals surface area contributed by atoms with Crippen molar-refractivity contribution in [2.45, 2.75) is 12.8 Å². The van der Waals surface area contributed by atoms with Gasteiger partial charge in [0.2, 0.25) is 5.91 Å². The molecule has 0 saturated heterocycles. The number of rotatable bonds is 6. The maximum atomic E-state index is 12.8. The molecule has 6 heteroatoms. The van der Waals surface area contributed by atoms with Gasteiger partial charge in [-0.05, 0) is 24.7 Å². The van der Waals surface area contributed by atoms with E-state index in [1.165, 1.54) is 23.5 Å². The number of anilines is 1. The molecule has 0 spiro atoms. The van der Waals surface area contributed by atoms with Gasteiger partial charge < -0.3 is 10.6 Å². The summed E-state index contributed by atoms with van der Waals surface area (Å²) in [5.41, 5.74) is 1.02. The lowest BCUT2D eigenvalue weighted by atomic mass is 10.1. The molecule has 0 aliphatic rings. The first kappa shape index (κ1) is 14.6. The van der Waals surface area contributed by atoms with Crippen molar-refractivity contribution < 1.29 is 9.18 Å². The molecule has 0 fully saturated rings. The summed E-state index contributed by atoms with van der Waals surface area (Å²) in [6.45, 7) is 0.639. The van der Waals surface area contributed by atoms with Gasteiger partial charge in [0.15, 0.2) is 5.13 Å². The Hall–Kier alpha value is -1.79. The summed E-state index contributed by atoms with van der Waals surface area (Å²) >= 11 is 1.44. The van der Waals surface area contributed by atoms with Gasteiger partial charge in [-0.1, -0.05) is 12.1 Å². The van der Waals surface area contributed by atoms with E-state index in [2.05, 4.69) is 15.6 Å². The molecule has 1 amide bonds. The highest BCUT2D eigenvalue weighted by atomic mass is 32.1. The first-order valence-electron chi connectivity index (χ1n) is 6.31. The average Bonchev–Trinajstić information content (AvgIpc) is 2.86. The van der Waals surface area contributed by atoms with E-state index in [-0.39, 0.29) is 11.7 Å². The zero-order valence-electron chi connectivity index (χ0n) is 11.1. The quantitative estimate of drug-likeness (QED) is 0.860. The molecule has 0 unspecified atom stereocenters. The molecule has 106 valence electrons. The highest BCUT2D eigenvalue weighted by Gasteiger charge is 2.07. The number of nitrogens with zero attached hydrogens (tertiary/aromatic N) is 1. The van der Waals surface area contributed by atoms with Crippen molar-refractivity contribution >= 4 is 22.4 Å². The SMILES string of the molecule is CNCCC(=O)Nc1ncc(Cc2ccc(F)cc2)s1. The van der Waals surface area contributed by atoms with Gasteiger partial charge in [-0.2, -0.15) is 0 Å². The van der Waals surface area contributed by atoms with Crippen LogP contribution in [0.4, 0.5) is 9.52 Å². The summed E-state index contributed by atoms with van der Waals surface area (Å²) < 4.78 is 12.8. The van der Waals surface area contributed by atoms with Crippen molar-refractivity contribution in [2.75, 3.05) is 18.9 Å². The topological polar surface area (TPSA) is 54.0 Å². The van der Waals surface area contributed by atoms with E-state index in [1.54, 1.807) is 25.4 Å². The Bertz CT molecular complexity index is 568. The first-order chi connectivity index (χ1) is 9.67. The number of aromatic nitrogens is 1. The van der Waals surface area contributed by atoms with Gasteiger partial charge in [0.25, 0.3) is 0 Å². The van der Waals surface area contributed by atoms with E-state index in [0.717, 1.165) is 10.4 Å². The highest BCUT2D eigenvalue weighted by Crippen LogP contribution is 2.21. The van der Waals surface area contributed by atoms with E-state index in [1.807, 2.05) is 0 Å². The van der Waals surface area contributed by atoms with E-state index < -0.39 is 0 Å². The Kier molecular flexibility index (Phi) is 5.20. The molecule has 0 bridgehead atoms. The molecular formula is C14H16FN3OS. The van der Waals surface area contributed by atoms with Gasteiger partial charge in [-0.3, -0.25) is 4.79 Å². The normalized spacial score (nSPS) is 10.5. The number of hydrogen-bond acceptors (Lipinski definition) is 4. The Labute approximate surface area is 121 Å². The predicted octanol–water partition coefficient (Wildman–Crippen LogP) is 2.42. The molecule has 1 heterocycles. The van der Waals surface area contributed by atoms with Gasteiger partial charge in [-0.25, -0.2) is 9.37 Å². The van der Waals surface area contributed by atoms with E-state index in [0.29, 0.717) is 24.5 Å². The minimum atomic E-state index is -0.240. The summed E-state index contributed by atoms with van der Waals surface area (Å²) in [7, 11) is 1.80. The van der Waals surface area contributed by atoms with Crippen LogP contribution in [0, 0.1) is 5.82 Å².